The van der Waals surface area contributed by atoms with Gasteiger partial charge in [0.15, 0.2) is 0 Å². The van der Waals surface area contributed by atoms with Crippen LogP contribution in [0.4, 0.5) is 0 Å². The summed E-state index contributed by atoms with van der Waals surface area (Å²) in [6.07, 6.45) is 31.5. The zero-order valence-electron chi connectivity index (χ0n) is 25.1. The van der Waals surface area contributed by atoms with E-state index in [0.29, 0.717) is 0 Å². The van der Waals surface area contributed by atoms with E-state index in [2.05, 4.69) is 144 Å². The van der Waals surface area contributed by atoms with Crippen LogP contribution in [-0.4, -0.2) is 0 Å². The second-order valence-corrected chi connectivity index (χ2v) is 3.62. The molecule has 3 atom stereocenters. The van der Waals surface area contributed by atoms with Gasteiger partial charge < -0.3 is 0 Å². The van der Waals surface area contributed by atoms with E-state index in [1.807, 2.05) is 13.8 Å². The molecule has 0 saturated heterocycles. The molecule has 0 aromatic rings. The van der Waals surface area contributed by atoms with Gasteiger partial charge in [0.05, 0.1) is 0 Å². The monoisotopic (exact) mass is 1140 g/mol. The first-order valence-corrected chi connectivity index (χ1v) is 9.03. The Hall–Kier alpha value is -2.37. The van der Waals surface area contributed by atoms with Crippen molar-refractivity contribution in [3.8, 4) is 169 Å². The van der Waals surface area contributed by atoms with E-state index >= 15 is 0 Å². The largest absolute Gasteiger partial charge is 0.153 e. The van der Waals surface area contributed by atoms with E-state index in [-0.39, 0.29) is 208 Å². The van der Waals surface area contributed by atoms with Gasteiger partial charge in [0.2, 0.25) is 0 Å². The molecule has 0 aliphatic carbocycles. The predicted molar refractivity (Wildman–Crippen MR) is 308 cm³/mol. The van der Waals surface area contributed by atoms with Crippen LogP contribution < -0.4 is 0 Å². The fraction of sp³-hybridized carbons (Fsp3) is 0.417. The van der Waals surface area contributed by atoms with Crippen LogP contribution in [0, 0.1) is 169 Å². The molecular formula is C48H91Cu2I2P3. The standard InChI is InChI=1S/C8H6.C7H4.C6H2.C5H4.C4H6.C3H4.C2H2.13CH4.2Cu.2HI.3H3P/c1-3-5-7-8-6-4-2;1-3-5-7-6-4-2;1-3-5-6-4-2;1-3-5-4-2;1-3-4-2;1-3-2;1-2;;;;;;;;;;;;;;;;;;;;/h1-2H3;1H,2H3;1-2H;1H,2H3;1-2H3;1H,2H3;1-2H;13*1H4;;;2*1H;3*1H3. The van der Waals surface area contributed by atoms with Crippen LogP contribution >= 0.6 is 77.7 Å². The van der Waals surface area contributed by atoms with Crippen molar-refractivity contribution in [2.75, 3.05) is 0 Å². The van der Waals surface area contributed by atoms with Crippen molar-refractivity contribution in [3.05, 3.63) is 0 Å². The molecule has 0 aliphatic rings. The molecule has 0 rings (SSSR count). The van der Waals surface area contributed by atoms with Crippen LogP contribution in [0.2, 0.25) is 0 Å². The molecule has 0 aliphatic heterocycles. The molecule has 334 valence electrons. The van der Waals surface area contributed by atoms with Gasteiger partial charge in [-0.1, -0.05) is 120 Å². The molecular weight excluding hydrogens is 1050 g/mol. The molecule has 0 nitrogen and oxygen atoms in total. The van der Waals surface area contributed by atoms with Crippen molar-refractivity contribution in [2.24, 2.45) is 0 Å². The average Bonchev–Trinajstić information content (AvgIpc) is 2.89. The van der Waals surface area contributed by atoms with Crippen molar-refractivity contribution < 1.29 is 34.1 Å². The van der Waals surface area contributed by atoms with E-state index in [1.54, 1.807) is 34.6 Å². The van der Waals surface area contributed by atoms with Gasteiger partial charge in [-0.2, -0.15) is 29.7 Å². The summed E-state index contributed by atoms with van der Waals surface area (Å²) in [5, 5.41) is 0. The third-order valence-corrected chi connectivity index (χ3v) is 1.41. The smallest absolute Gasteiger partial charge is 0 e. The molecule has 55 heavy (non-hydrogen) atoms. The maximum absolute atomic E-state index is 4.78. The van der Waals surface area contributed by atoms with Gasteiger partial charge in [-0.05, 0) is 131 Å². The van der Waals surface area contributed by atoms with Crippen LogP contribution in [-0.2, 0) is 34.1 Å². The maximum atomic E-state index is 4.78. The summed E-state index contributed by atoms with van der Waals surface area (Å²) in [6, 6.07) is 0. The van der Waals surface area contributed by atoms with Crippen molar-refractivity contribution >= 4 is 77.7 Å². The van der Waals surface area contributed by atoms with Crippen LogP contribution in [0.15, 0.2) is 0 Å². The molecule has 0 fully saturated rings. The van der Waals surface area contributed by atoms with E-state index in [1.165, 1.54) is 0 Å². The molecule has 0 aromatic carbocycles. The Bertz CT molecular complexity index is 1240. The van der Waals surface area contributed by atoms with Gasteiger partial charge in [-0.15, -0.1) is 111 Å². The van der Waals surface area contributed by atoms with Gasteiger partial charge >= 0.3 is 0 Å². The molecule has 0 aromatic heterocycles. The first-order valence-electron chi connectivity index (χ1n) is 9.03. The van der Waals surface area contributed by atoms with Gasteiger partial charge in [0.1, 0.15) is 0 Å². The third-order valence-electron chi connectivity index (χ3n) is 1.41. The molecule has 0 bridgehead atoms. The van der Waals surface area contributed by atoms with Crippen molar-refractivity contribution in [3.63, 3.8) is 0 Å². The topological polar surface area (TPSA) is 0 Å². The minimum atomic E-state index is 0. The Morgan fingerprint density at radius 1 is 0.255 bits per heavy atom. The Balaban J connectivity index is -0.00000000641. The SMILES string of the molecule is C.C.C.C.C.C.C.C.C.C.C.C.C.C#C.C#CC.C#CC#CC.C#CC#CC#C.C#CC#CC#CC.CC#CC.CC#CC#CC#CC.I.I.P.P.P.[Cu].[Cu]. The summed E-state index contributed by atoms with van der Waals surface area (Å²) in [4.78, 5) is 0. The fourth-order valence-electron chi connectivity index (χ4n) is 0.462. The quantitative estimate of drug-likeness (QED) is 0.0982. The molecule has 0 heterocycles. The summed E-state index contributed by atoms with van der Waals surface area (Å²) < 4.78 is 0. The van der Waals surface area contributed by atoms with Gasteiger partial charge in [-0.3, -0.25) is 0 Å². The average molecular weight is 1140 g/mol. The Kier molecular flexibility index (Phi) is 1480. The fourth-order valence-corrected chi connectivity index (χ4v) is 0.462. The van der Waals surface area contributed by atoms with Crippen LogP contribution in [0.1, 0.15) is 145 Å². The Labute approximate surface area is 422 Å². The van der Waals surface area contributed by atoms with Gasteiger partial charge in [-0.25, -0.2) is 0 Å². The molecule has 0 saturated carbocycles. The van der Waals surface area contributed by atoms with E-state index in [0.717, 1.165) is 0 Å². The number of halogens is 2. The molecule has 7 heteroatoms. The Morgan fingerprint density at radius 3 is 0.473 bits per heavy atom. The zero-order chi connectivity index (χ0) is 28.8. The summed E-state index contributed by atoms with van der Waals surface area (Å²) in [5.41, 5.74) is 0. The van der Waals surface area contributed by atoms with Crippen LogP contribution in [0.5, 0.6) is 0 Å². The molecule has 2 radical (unpaired) electrons. The molecule has 0 amide bonds. The van der Waals surface area contributed by atoms with E-state index in [4.69, 9.17) is 25.7 Å². The van der Waals surface area contributed by atoms with Crippen LogP contribution in [0.25, 0.3) is 0 Å². The zero-order valence-corrected chi connectivity index (χ0v) is 35.9. The van der Waals surface area contributed by atoms with Gasteiger partial charge in [0, 0.05) is 34.1 Å². The second-order valence-electron chi connectivity index (χ2n) is 3.62. The second kappa shape index (κ2) is 381. The number of terminal acetylenes is 6. The normalized spacial score (nSPS) is 2.04. The van der Waals surface area contributed by atoms with Gasteiger partial charge in [0.25, 0.3) is 0 Å². The predicted octanol–water partition coefficient (Wildman–Crippen LogP) is 14.2. The first kappa shape index (κ1) is 214. The van der Waals surface area contributed by atoms with E-state index in [9.17, 15) is 0 Å². The number of hydrogen-bond donors (Lipinski definition) is 0. The van der Waals surface area contributed by atoms with E-state index < -0.39 is 0 Å². The third kappa shape index (κ3) is 797. The summed E-state index contributed by atoms with van der Waals surface area (Å²) in [6.45, 7) is 12.2. The van der Waals surface area contributed by atoms with Crippen molar-refractivity contribution in [2.45, 2.75) is 145 Å². The minimum absolute atomic E-state index is 0. The maximum Gasteiger partial charge on any atom is 0 e. The number of rotatable bonds is 0. The number of hydrogen-bond acceptors (Lipinski definition) is 0. The van der Waals surface area contributed by atoms with Crippen LogP contribution in [0.3, 0.4) is 0 Å². The summed E-state index contributed by atoms with van der Waals surface area (Å²) in [5.74, 6) is 50.8. The van der Waals surface area contributed by atoms with Crippen molar-refractivity contribution in [1.29, 1.82) is 0 Å². The minimum Gasteiger partial charge on any atom is -0.153 e. The summed E-state index contributed by atoms with van der Waals surface area (Å²) >= 11 is 0. The summed E-state index contributed by atoms with van der Waals surface area (Å²) in [7, 11) is 0. The molecule has 3 unspecified atom stereocenters. The van der Waals surface area contributed by atoms with Crippen molar-refractivity contribution in [1.82, 2.24) is 0 Å². The molecule has 0 N–H and O–H groups in total. The first-order chi connectivity index (χ1) is 17.0. The Morgan fingerprint density at radius 2 is 0.382 bits per heavy atom. The molecule has 0 spiro atoms.